The van der Waals surface area contributed by atoms with Crippen LogP contribution < -0.4 is 4.74 Å². The average Bonchev–Trinajstić information content (AvgIpc) is 2.74. The maximum atomic E-state index is 12.9. The fraction of sp³-hybridized carbons (Fsp3) is 0.381. The van der Waals surface area contributed by atoms with Crippen LogP contribution in [0.3, 0.4) is 0 Å². The van der Waals surface area contributed by atoms with E-state index in [9.17, 15) is 13.2 Å². The third kappa shape index (κ3) is 4.91. The molecule has 1 aliphatic rings. The number of halogens is 1. The van der Waals surface area contributed by atoms with Crippen LogP contribution in [0.1, 0.15) is 18.4 Å². The monoisotopic (exact) mass is 436 g/mol. The predicted molar refractivity (Wildman–Crippen MR) is 112 cm³/mol. The summed E-state index contributed by atoms with van der Waals surface area (Å²) in [5.74, 6) is 0.310. The van der Waals surface area contributed by atoms with Gasteiger partial charge in [-0.25, -0.2) is 8.42 Å². The second-order valence-electron chi connectivity index (χ2n) is 7.15. The average molecular weight is 437 g/mol. The molecule has 2 aromatic carbocycles. The van der Waals surface area contributed by atoms with Gasteiger partial charge in [0.05, 0.1) is 17.0 Å². The van der Waals surface area contributed by atoms with E-state index in [0.29, 0.717) is 38.2 Å². The van der Waals surface area contributed by atoms with Gasteiger partial charge in [-0.1, -0.05) is 41.9 Å². The first kappa shape index (κ1) is 21.6. The molecule has 3 rings (SSSR count). The molecule has 0 bridgehead atoms. The van der Waals surface area contributed by atoms with E-state index in [-0.39, 0.29) is 21.7 Å². The van der Waals surface area contributed by atoms with Crippen LogP contribution in [0.25, 0.3) is 0 Å². The summed E-state index contributed by atoms with van der Waals surface area (Å²) in [5.41, 5.74) is 1.07. The minimum atomic E-state index is -3.66. The standard InChI is InChI=1S/C21H25ClN2O4S/c1-23(15-16-6-4-3-5-7-16)21(25)17-10-12-24(13-11-17)29(26,27)18-8-9-20(28-2)19(22)14-18/h3-9,14,17H,10-13,15H2,1-2H3. The van der Waals surface area contributed by atoms with Crippen molar-refractivity contribution in [2.45, 2.75) is 24.3 Å². The molecule has 0 unspecified atom stereocenters. The van der Waals surface area contributed by atoms with Gasteiger partial charge < -0.3 is 9.64 Å². The van der Waals surface area contributed by atoms with Crippen LogP contribution in [0.2, 0.25) is 5.02 Å². The Kier molecular flexibility index (Phi) is 6.82. The number of benzene rings is 2. The van der Waals surface area contributed by atoms with Crippen molar-refractivity contribution in [1.29, 1.82) is 0 Å². The molecule has 29 heavy (non-hydrogen) atoms. The Morgan fingerprint density at radius 2 is 1.83 bits per heavy atom. The van der Waals surface area contributed by atoms with E-state index in [0.717, 1.165) is 5.56 Å². The third-order valence-corrected chi connectivity index (χ3v) is 7.39. The number of hydrogen-bond acceptors (Lipinski definition) is 4. The molecule has 1 saturated heterocycles. The van der Waals surface area contributed by atoms with Gasteiger partial charge in [-0.05, 0) is 36.6 Å². The van der Waals surface area contributed by atoms with Crippen LogP contribution >= 0.6 is 11.6 Å². The van der Waals surface area contributed by atoms with Crippen molar-refractivity contribution in [2.75, 3.05) is 27.2 Å². The summed E-state index contributed by atoms with van der Waals surface area (Å²) in [6.07, 6.45) is 1.00. The number of amides is 1. The van der Waals surface area contributed by atoms with Gasteiger partial charge >= 0.3 is 0 Å². The fourth-order valence-corrected chi connectivity index (χ4v) is 5.37. The molecule has 0 aromatic heterocycles. The van der Waals surface area contributed by atoms with Crippen LogP contribution in [0.5, 0.6) is 5.75 Å². The van der Waals surface area contributed by atoms with E-state index in [1.165, 1.54) is 23.5 Å². The van der Waals surface area contributed by atoms with E-state index >= 15 is 0 Å². The molecule has 1 heterocycles. The van der Waals surface area contributed by atoms with Crippen LogP contribution in [-0.2, 0) is 21.4 Å². The molecule has 156 valence electrons. The minimum Gasteiger partial charge on any atom is -0.495 e. The summed E-state index contributed by atoms with van der Waals surface area (Å²) >= 11 is 6.08. The molecule has 1 fully saturated rings. The molecule has 0 spiro atoms. The highest BCUT2D eigenvalue weighted by Crippen LogP contribution is 2.30. The predicted octanol–water partition coefficient (Wildman–Crippen LogP) is 3.41. The maximum absolute atomic E-state index is 12.9. The Labute approximate surface area is 177 Å². The van der Waals surface area contributed by atoms with E-state index in [2.05, 4.69) is 0 Å². The van der Waals surface area contributed by atoms with Crippen molar-refractivity contribution in [2.24, 2.45) is 5.92 Å². The topological polar surface area (TPSA) is 66.9 Å². The molecule has 2 aromatic rings. The molecule has 1 aliphatic heterocycles. The second kappa shape index (κ2) is 9.15. The number of nitrogens with zero attached hydrogens (tertiary/aromatic N) is 2. The molecular weight excluding hydrogens is 412 g/mol. The first-order chi connectivity index (χ1) is 13.8. The normalized spacial score (nSPS) is 15.8. The van der Waals surface area contributed by atoms with E-state index < -0.39 is 10.0 Å². The van der Waals surface area contributed by atoms with Gasteiger partial charge in [0.25, 0.3) is 0 Å². The Bertz CT molecular complexity index is 958. The Hall–Kier alpha value is -2.09. The van der Waals surface area contributed by atoms with Gasteiger partial charge in [0, 0.05) is 32.6 Å². The summed E-state index contributed by atoms with van der Waals surface area (Å²) in [6, 6.07) is 14.2. The molecule has 0 saturated carbocycles. The highest BCUT2D eigenvalue weighted by molar-refractivity contribution is 7.89. The lowest BCUT2D eigenvalue weighted by Gasteiger charge is -2.32. The van der Waals surface area contributed by atoms with Crippen molar-refractivity contribution in [3.63, 3.8) is 0 Å². The zero-order valence-electron chi connectivity index (χ0n) is 16.5. The number of methoxy groups -OCH3 is 1. The lowest BCUT2D eigenvalue weighted by atomic mass is 9.96. The highest BCUT2D eigenvalue weighted by Gasteiger charge is 2.33. The molecule has 6 nitrogen and oxygen atoms in total. The van der Waals surface area contributed by atoms with Crippen molar-refractivity contribution in [3.05, 3.63) is 59.1 Å². The number of carbonyl (C=O) groups excluding carboxylic acids is 1. The maximum Gasteiger partial charge on any atom is 0.243 e. The molecule has 0 aliphatic carbocycles. The molecular formula is C21H25ClN2O4S. The molecule has 1 amide bonds. The van der Waals surface area contributed by atoms with Gasteiger partial charge in [0.2, 0.25) is 15.9 Å². The Balaban J connectivity index is 1.62. The lowest BCUT2D eigenvalue weighted by Crippen LogP contribution is -2.43. The van der Waals surface area contributed by atoms with Crippen molar-refractivity contribution >= 4 is 27.5 Å². The van der Waals surface area contributed by atoms with Crippen molar-refractivity contribution < 1.29 is 17.9 Å². The number of ether oxygens (including phenoxy) is 1. The Morgan fingerprint density at radius 3 is 2.41 bits per heavy atom. The van der Waals surface area contributed by atoms with E-state index in [4.69, 9.17) is 16.3 Å². The van der Waals surface area contributed by atoms with E-state index in [1.54, 1.807) is 18.0 Å². The summed E-state index contributed by atoms with van der Waals surface area (Å²) in [5, 5.41) is 0.251. The summed E-state index contributed by atoms with van der Waals surface area (Å²) in [6.45, 7) is 1.16. The Morgan fingerprint density at radius 1 is 1.17 bits per heavy atom. The number of carbonyl (C=O) groups is 1. The molecule has 0 N–H and O–H groups in total. The summed E-state index contributed by atoms with van der Waals surface area (Å²) in [7, 11) is -0.391. The van der Waals surface area contributed by atoms with Gasteiger partial charge in [0.1, 0.15) is 5.75 Å². The van der Waals surface area contributed by atoms with Crippen molar-refractivity contribution in [1.82, 2.24) is 9.21 Å². The van der Waals surface area contributed by atoms with Gasteiger partial charge in [-0.2, -0.15) is 4.31 Å². The molecule has 0 radical (unpaired) electrons. The smallest absolute Gasteiger partial charge is 0.243 e. The van der Waals surface area contributed by atoms with Crippen LogP contribution in [0, 0.1) is 5.92 Å². The number of rotatable bonds is 6. The zero-order valence-corrected chi connectivity index (χ0v) is 18.1. The largest absolute Gasteiger partial charge is 0.495 e. The zero-order chi connectivity index (χ0) is 21.0. The summed E-state index contributed by atoms with van der Waals surface area (Å²) in [4.78, 5) is 14.6. The first-order valence-electron chi connectivity index (χ1n) is 9.45. The number of piperidine rings is 1. The fourth-order valence-electron chi connectivity index (χ4n) is 3.55. The first-order valence-corrected chi connectivity index (χ1v) is 11.3. The second-order valence-corrected chi connectivity index (χ2v) is 9.50. The number of sulfonamides is 1. The van der Waals surface area contributed by atoms with Gasteiger partial charge in [0.15, 0.2) is 0 Å². The van der Waals surface area contributed by atoms with E-state index in [1.807, 2.05) is 30.3 Å². The van der Waals surface area contributed by atoms with Crippen LogP contribution in [-0.4, -0.2) is 50.8 Å². The highest BCUT2D eigenvalue weighted by atomic mass is 35.5. The SMILES string of the molecule is COc1ccc(S(=O)(=O)N2CCC(C(=O)N(C)Cc3ccccc3)CC2)cc1Cl. The van der Waals surface area contributed by atoms with Gasteiger partial charge in [-0.15, -0.1) is 0 Å². The van der Waals surface area contributed by atoms with Crippen LogP contribution in [0.4, 0.5) is 0 Å². The van der Waals surface area contributed by atoms with Crippen LogP contribution in [0.15, 0.2) is 53.4 Å². The minimum absolute atomic E-state index is 0.0541. The summed E-state index contributed by atoms with van der Waals surface area (Å²) < 4.78 is 32.3. The quantitative estimate of drug-likeness (QED) is 0.696. The molecule has 0 atom stereocenters. The van der Waals surface area contributed by atoms with Crippen molar-refractivity contribution in [3.8, 4) is 5.75 Å². The lowest BCUT2D eigenvalue weighted by molar-refractivity contribution is -0.135. The number of hydrogen-bond donors (Lipinski definition) is 0. The third-order valence-electron chi connectivity index (χ3n) is 5.20. The molecule has 8 heteroatoms. The van der Waals surface area contributed by atoms with Gasteiger partial charge in [-0.3, -0.25) is 4.79 Å².